The first kappa shape index (κ1) is 26.3. The molecule has 0 saturated heterocycles. The number of carbonyl (C=O) groups is 2. The average molecular weight is 496 g/mol. The fraction of sp³-hybridized carbons (Fsp3) is 0.476. The lowest BCUT2D eigenvalue weighted by Gasteiger charge is -2.17. The number of aryl methyl sites for hydroxylation is 1. The van der Waals surface area contributed by atoms with Crippen molar-refractivity contribution in [3.63, 3.8) is 0 Å². The standard InChI is InChI=1S/C21H29N5O5S2/c1-4-30-16(27)9-7-13(20(29)31-5-2)24-19-11(3)10-15(33-19)14(32)8-6-12-17(22)25-21(23)26-18(12)28/h10,13,24H,4-9H2,1-3H3,(H5,22,23,25,26,28)/t13-/m0/s1. The predicted octanol–water partition coefficient (Wildman–Crippen LogP) is 2.34. The summed E-state index contributed by atoms with van der Waals surface area (Å²) in [6, 6.07) is 1.21. The number of nitrogens with zero attached hydrogens (tertiary/aromatic N) is 1. The molecule has 0 aromatic carbocycles. The highest BCUT2D eigenvalue weighted by atomic mass is 32.1. The molecule has 12 heteroatoms. The molecule has 0 aliphatic rings. The number of thiophene rings is 1. The zero-order valence-electron chi connectivity index (χ0n) is 18.9. The summed E-state index contributed by atoms with van der Waals surface area (Å²) in [7, 11) is 0. The van der Waals surface area contributed by atoms with Crippen molar-refractivity contribution in [2.24, 2.45) is 0 Å². The van der Waals surface area contributed by atoms with E-state index in [1.165, 1.54) is 11.3 Å². The summed E-state index contributed by atoms with van der Waals surface area (Å²) < 4.78 is 10.1. The number of H-pyrrole nitrogens is 1. The van der Waals surface area contributed by atoms with Gasteiger partial charge < -0.3 is 26.3 Å². The molecule has 2 rings (SSSR count). The van der Waals surface area contributed by atoms with Gasteiger partial charge in [0.15, 0.2) is 0 Å². The highest BCUT2D eigenvalue weighted by Crippen LogP contribution is 2.30. The first-order chi connectivity index (χ1) is 15.7. The van der Waals surface area contributed by atoms with Crippen LogP contribution in [-0.2, 0) is 25.5 Å². The number of esters is 2. The van der Waals surface area contributed by atoms with Gasteiger partial charge in [0, 0.05) is 16.2 Å². The molecule has 2 aromatic rings. The quantitative estimate of drug-likeness (QED) is 0.195. The van der Waals surface area contributed by atoms with Crippen molar-refractivity contribution in [2.45, 2.75) is 52.5 Å². The molecule has 0 bridgehead atoms. The van der Waals surface area contributed by atoms with Gasteiger partial charge in [-0.3, -0.25) is 14.6 Å². The Morgan fingerprint density at radius 3 is 2.58 bits per heavy atom. The molecule has 0 aliphatic carbocycles. The third-order valence-electron chi connectivity index (χ3n) is 4.68. The lowest BCUT2D eigenvalue weighted by atomic mass is 10.1. The monoisotopic (exact) mass is 495 g/mol. The second-order valence-electron chi connectivity index (χ2n) is 7.15. The Labute approximate surface area is 201 Å². The molecule has 0 amide bonds. The van der Waals surface area contributed by atoms with E-state index in [2.05, 4.69) is 15.3 Å². The smallest absolute Gasteiger partial charge is 0.328 e. The maximum Gasteiger partial charge on any atom is 0.328 e. The summed E-state index contributed by atoms with van der Waals surface area (Å²) >= 11 is 6.95. The first-order valence-corrected chi connectivity index (χ1v) is 11.7. The number of thiocarbonyl (C=S) groups is 1. The lowest BCUT2D eigenvalue weighted by molar-refractivity contribution is -0.145. The largest absolute Gasteiger partial charge is 0.466 e. The van der Waals surface area contributed by atoms with Gasteiger partial charge in [0.2, 0.25) is 5.95 Å². The van der Waals surface area contributed by atoms with Gasteiger partial charge in [0.1, 0.15) is 11.9 Å². The van der Waals surface area contributed by atoms with Crippen molar-refractivity contribution in [1.82, 2.24) is 9.97 Å². The summed E-state index contributed by atoms with van der Waals surface area (Å²) in [5, 5.41) is 3.93. The number of nitrogens with one attached hydrogen (secondary N) is 2. The van der Waals surface area contributed by atoms with Crippen molar-refractivity contribution < 1.29 is 19.1 Å². The van der Waals surface area contributed by atoms with Crippen molar-refractivity contribution in [3.05, 3.63) is 32.4 Å². The fourth-order valence-corrected chi connectivity index (χ4v) is 4.42. The second kappa shape index (κ2) is 12.3. The Morgan fingerprint density at radius 2 is 1.94 bits per heavy atom. The molecule has 0 unspecified atom stereocenters. The summed E-state index contributed by atoms with van der Waals surface area (Å²) in [5.41, 5.74) is 12.2. The van der Waals surface area contributed by atoms with E-state index in [9.17, 15) is 14.4 Å². The van der Waals surface area contributed by atoms with E-state index < -0.39 is 12.0 Å². The zero-order chi connectivity index (χ0) is 24.5. The van der Waals surface area contributed by atoms with E-state index in [0.717, 1.165) is 15.4 Å². The highest BCUT2D eigenvalue weighted by molar-refractivity contribution is 7.81. The summed E-state index contributed by atoms with van der Waals surface area (Å²) in [4.78, 5) is 44.0. The van der Waals surface area contributed by atoms with E-state index in [-0.39, 0.29) is 49.4 Å². The maximum absolute atomic E-state index is 12.4. The van der Waals surface area contributed by atoms with Crippen LogP contribution in [0, 0.1) is 6.92 Å². The molecule has 0 fully saturated rings. The van der Waals surface area contributed by atoms with Crippen LogP contribution >= 0.6 is 23.6 Å². The number of nitrogens with two attached hydrogens (primary N) is 2. The minimum absolute atomic E-state index is 0.0347. The van der Waals surface area contributed by atoms with E-state index in [1.54, 1.807) is 13.8 Å². The number of anilines is 3. The van der Waals surface area contributed by atoms with Gasteiger partial charge in [-0.2, -0.15) is 4.98 Å². The molecule has 0 radical (unpaired) electrons. The van der Waals surface area contributed by atoms with Gasteiger partial charge in [-0.05, 0) is 51.7 Å². The van der Waals surface area contributed by atoms with E-state index in [1.807, 2.05) is 13.0 Å². The highest BCUT2D eigenvalue weighted by Gasteiger charge is 2.23. The number of hydrogen-bond acceptors (Lipinski definition) is 11. The van der Waals surface area contributed by atoms with Gasteiger partial charge in [0.25, 0.3) is 5.56 Å². The maximum atomic E-state index is 12.4. The third-order valence-corrected chi connectivity index (χ3v) is 6.46. The minimum Gasteiger partial charge on any atom is -0.466 e. The van der Waals surface area contributed by atoms with Gasteiger partial charge in [-0.1, -0.05) is 12.2 Å². The van der Waals surface area contributed by atoms with Crippen LogP contribution < -0.4 is 22.3 Å². The Kier molecular flexibility index (Phi) is 9.79. The van der Waals surface area contributed by atoms with Gasteiger partial charge >= 0.3 is 11.9 Å². The summed E-state index contributed by atoms with van der Waals surface area (Å²) in [6.45, 7) is 5.86. The molecule has 2 heterocycles. The Bertz CT molecular complexity index is 1070. The summed E-state index contributed by atoms with van der Waals surface area (Å²) in [5.74, 6) is -0.760. The molecule has 0 saturated carbocycles. The molecule has 0 aliphatic heterocycles. The summed E-state index contributed by atoms with van der Waals surface area (Å²) in [6.07, 6.45) is 1.06. The van der Waals surface area contributed by atoms with Crippen molar-refractivity contribution in [3.8, 4) is 0 Å². The zero-order valence-corrected chi connectivity index (χ0v) is 20.5. The molecule has 0 spiro atoms. The van der Waals surface area contributed by atoms with Crippen molar-refractivity contribution in [2.75, 3.05) is 30.0 Å². The molecule has 6 N–H and O–H groups in total. The van der Waals surface area contributed by atoms with Gasteiger partial charge in [-0.25, -0.2) is 4.79 Å². The number of aromatic nitrogens is 2. The molecular formula is C21H29N5O5S2. The lowest BCUT2D eigenvalue weighted by Crippen LogP contribution is -2.32. The number of ether oxygens (including phenoxy) is 2. The van der Waals surface area contributed by atoms with E-state index >= 15 is 0 Å². The molecular weight excluding hydrogens is 466 g/mol. The number of carbonyl (C=O) groups excluding carboxylic acids is 2. The van der Waals surface area contributed by atoms with Crippen LogP contribution in [0.1, 0.15) is 49.1 Å². The van der Waals surface area contributed by atoms with Gasteiger partial charge in [-0.15, -0.1) is 11.3 Å². The molecule has 180 valence electrons. The molecule has 10 nitrogen and oxygen atoms in total. The fourth-order valence-electron chi connectivity index (χ4n) is 3.04. The first-order valence-electron chi connectivity index (χ1n) is 10.5. The Morgan fingerprint density at radius 1 is 1.24 bits per heavy atom. The minimum atomic E-state index is -0.702. The van der Waals surface area contributed by atoms with Crippen LogP contribution in [0.5, 0.6) is 0 Å². The van der Waals surface area contributed by atoms with Crippen LogP contribution in [0.4, 0.5) is 16.8 Å². The number of hydrogen-bond donors (Lipinski definition) is 4. The number of nitrogen functional groups attached to an aromatic ring is 2. The predicted molar refractivity (Wildman–Crippen MR) is 133 cm³/mol. The van der Waals surface area contributed by atoms with Crippen LogP contribution in [0.2, 0.25) is 0 Å². The molecule has 33 heavy (non-hydrogen) atoms. The van der Waals surface area contributed by atoms with Gasteiger partial charge in [0.05, 0.1) is 23.8 Å². The number of aromatic amines is 1. The average Bonchev–Trinajstić information content (AvgIpc) is 3.10. The van der Waals surface area contributed by atoms with Crippen molar-refractivity contribution >= 4 is 57.1 Å². The van der Waals surface area contributed by atoms with Crippen molar-refractivity contribution in [1.29, 1.82) is 0 Å². The molecule has 1 atom stereocenters. The normalized spacial score (nSPS) is 11.6. The Hall–Kier alpha value is -2.99. The van der Waals surface area contributed by atoms with Crippen LogP contribution in [-0.4, -0.2) is 46.0 Å². The topological polar surface area (TPSA) is 162 Å². The Balaban J connectivity index is 2.09. The third kappa shape index (κ3) is 7.53. The van der Waals surface area contributed by atoms with Crippen LogP contribution in [0.15, 0.2) is 10.9 Å². The van der Waals surface area contributed by atoms with E-state index in [0.29, 0.717) is 23.3 Å². The number of rotatable bonds is 12. The van der Waals surface area contributed by atoms with Crippen LogP contribution in [0.25, 0.3) is 0 Å². The van der Waals surface area contributed by atoms with Crippen LogP contribution in [0.3, 0.4) is 0 Å². The van der Waals surface area contributed by atoms with E-state index in [4.69, 9.17) is 33.2 Å². The second-order valence-corrected chi connectivity index (χ2v) is 8.70. The SMILES string of the molecule is CCOC(=O)CC[C@H](Nc1sc(C(=S)CCc2c(N)nc(N)[nH]c2=O)cc1C)C(=O)OCC. The molecule has 2 aromatic heterocycles.